The molecule has 80 valence electrons. The van der Waals surface area contributed by atoms with E-state index in [9.17, 15) is 4.79 Å². The van der Waals surface area contributed by atoms with Gasteiger partial charge >= 0.3 is 0 Å². The molecule has 2 saturated carbocycles. The molecule has 14 heavy (non-hydrogen) atoms. The summed E-state index contributed by atoms with van der Waals surface area (Å²) in [5.74, 6) is 2.27. The Morgan fingerprint density at radius 1 is 1.21 bits per heavy atom. The molecule has 0 amide bonds. The zero-order chi connectivity index (χ0) is 9.97. The maximum absolute atomic E-state index is 11.8. The van der Waals surface area contributed by atoms with Crippen molar-refractivity contribution < 1.29 is 4.79 Å². The van der Waals surface area contributed by atoms with Gasteiger partial charge in [0.25, 0.3) is 0 Å². The van der Waals surface area contributed by atoms with Gasteiger partial charge in [0.05, 0.1) is 0 Å². The van der Waals surface area contributed by atoms with E-state index < -0.39 is 0 Å². The van der Waals surface area contributed by atoms with E-state index >= 15 is 0 Å². The first-order valence-electron chi connectivity index (χ1n) is 5.94. The van der Waals surface area contributed by atoms with Gasteiger partial charge in [0, 0.05) is 17.2 Å². The first-order chi connectivity index (χ1) is 6.84. The number of rotatable bonds is 3. The number of carbonyl (C=O) groups is 1. The molecule has 0 aromatic carbocycles. The van der Waals surface area contributed by atoms with Gasteiger partial charge in [-0.3, -0.25) is 4.79 Å². The molecule has 0 heterocycles. The van der Waals surface area contributed by atoms with Gasteiger partial charge in [-0.15, -0.1) is 0 Å². The minimum absolute atomic E-state index is 0.440. The van der Waals surface area contributed by atoms with E-state index in [2.05, 4.69) is 15.9 Å². The molecule has 2 aliphatic rings. The van der Waals surface area contributed by atoms with Crippen LogP contribution in [0, 0.1) is 17.8 Å². The van der Waals surface area contributed by atoms with Crippen LogP contribution in [0.15, 0.2) is 0 Å². The third-order valence-corrected chi connectivity index (χ3v) is 4.53. The lowest BCUT2D eigenvalue weighted by atomic mass is 9.60. The summed E-state index contributed by atoms with van der Waals surface area (Å²) in [5, 5.41) is 1.05. The number of hydrogen-bond acceptors (Lipinski definition) is 1. The minimum atomic E-state index is 0.440. The molecule has 3 atom stereocenters. The summed E-state index contributed by atoms with van der Waals surface area (Å²) >= 11 is 3.44. The number of halogens is 1. The van der Waals surface area contributed by atoms with Gasteiger partial charge < -0.3 is 0 Å². The largest absolute Gasteiger partial charge is 0.299 e. The lowest BCUT2D eigenvalue weighted by molar-refractivity contribution is -0.143. The molecule has 0 saturated heterocycles. The fourth-order valence-electron chi connectivity index (χ4n) is 3.19. The third-order valence-electron chi connectivity index (χ3n) is 3.97. The predicted molar refractivity (Wildman–Crippen MR) is 61.6 cm³/mol. The molecular formula is C12H19BrO. The Bertz CT molecular complexity index is 214. The van der Waals surface area contributed by atoms with Crippen LogP contribution in [0.1, 0.15) is 44.9 Å². The monoisotopic (exact) mass is 258 g/mol. The van der Waals surface area contributed by atoms with Crippen LogP contribution in [0.25, 0.3) is 0 Å². The van der Waals surface area contributed by atoms with Crippen LogP contribution in [0.2, 0.25) is 0 Å². The second-order valence-electron chi connectivity index (χ2n) is 4.75. The van der Waals surface area contributed by atoms with E-state index in [1.165, 1.54) is 38.5 Å². The van der Waals surface area contributed by atoms with Crippen LogP contribution >= 0.6 is 15.9 Å². The fraction of sp³-hybridized carbons (Fsp3) is 0.917. The number of Topliss-reactive ketones (excluding diaryl/α,β-unsaturated/α-hetero) is 1. The summed E-state index contributed by atoms with van der Waals surface area (Å²) in [6.07, 6.45) is 8.81. The van der Waals surface area contributed by atoms with Gasteiger partial charge in [-0.1, -0.05) is 35.2 Å². The Balaban J connectivity index is 1.90. The van der Waals surface area contributed by atoms with E-state index in [1.807, 2.05) is 0 Å². The van der Waals surface area contributed by atoms with Crippen molar-refractivity contribution in [3.63, 3.8) is 0 Å². The van der Waals surface area contributed by atoms with E-state index in [4.69, 9.17) is 0 Å². The zero-order valence-corrected chi connectivity index (χ0v) is 10.3. The van der Waals surface area contributed by atoms with Gasteiger partial charge in [-0.25, -0.2) is 0 Å². The maximum atomic E-state index is 11.8. The highest BCUT2D eigenvalue weighted by Crippen LogP contribution is 2.47. The summed E-state index contributed by atoms with van der Waals surface area (Å²) in [5.41, 5.74) is 0. The van der Waals surface area contributed by atoms with Gasteiger partial charge in [0.1, 0.15) is 5.78 Å². The van der Waals surface area contributed by atoms with Crippen LogP contribution in [0.4, 0.5) is 0 Å². The summed E-state index contributed by atoms with van der Waals surface area (Å²) < 4.78 is 0. The predicted octanol–water partition coefficient (Wildman–Crippen LogP) is 3.56. The summed E-state index contributed by atoms with van der Waals surface area (Å²) in [6.45, 7) is 0. The van der Waals surface area contributed by atoms with Gasteiger partial charge in [-0.05, 0) is 31.6 Å². The average molecular weight is 259 g/mol. The Morgan fingerprint density at radius 3 is 2.79 bits per heavy atom. The van der Waals surface area contributed by atoms with Crippen molar-refractivity contribution in [3.8, 4) is 0 Å². The molecule has 2 fully saturated rings. The summed E-state index contributed by atoms with van der Waals surface area (Å²) in [7, 11) is 0. The summed E-state index contributed by atoms with van der Waals surface area (Å²) in [6, 6.07) is 0. The normalized spacial score (nSPS) is 37.2. The number of carbonyl (C=O) groups excluding carboxylic acids is 1. The van der Waals surface area contributed by atoms with Gasteiger partial charge in [-0.2, -0.15) is 0 Å². The van der Waals surface area contributed by atoms with E-state index in [0.717, 1.165) is 17.7 Å². The molecule has 0 aromatic heterocycles. The highest BCUT2D eigenvalue weighted by Gasteiger charge is 2.48. The molecule has 0 aromatic rings. The number of alkyl halides is 1. The standard InChI is InChI=1S/C12H19BrO/c13-8-4-7-11-9-5-2-1-3-6-10(9)12(11)14/h9-11H,1-8H2/t9-,10+,11+/m0/s1. The smallest absolute Gasteiger partial charge is 0.139 e. The molecule has 1 nitrogen and oxygen atoms in total. The highest BCUT2D eigenvalue weighted by molar-refractivity contribution is 9.09. The molecular weight excluding hydrogens is 240 g/mol. The SMILES string of the molecule is O=C1[C@H](CCCBr)[C@H]2CCCCC[C@@H]12. The number of hydrogen-bond donors (Lipinski definition) is 0. The lowest BCUT2D eigenvalue weighted by Gasteiger charge is -2.42. The topological polar surface area (TPSA) is 17.1 Å². The second kappa shape index (κ2) is 4.78. The molecule has 0 bridgehead atoms. The van der Waals surface area contributed by atoms with E-state index in [-0.39, 0.29) is 0 Å². The maximum Gasteiger partial charge on any atom is 0.139 e. The Labute approximate surface area is 94.8 Å². The number of ketones is 1. The first kappa shape index (κ1) is 10.7. The van der Waals surface area contributed by atoms with Crippen LogP contribution in [0.5, 0.6) is 0 Å². The molecule has 0 spiro atoms. The molecule has 0 radical (unpaired) electrons. The first-order valence-corrected chi connectivity index (χ1v) is 7.06. The van der Waals surface area contributed by atoms with Crippen molar-refractivity contribution >= 4 is 21.7 Å². The molecule has 0 aliphatic heterocycles. The van der Waals surface area contributed by atoms with Crippen LogP contribution in [-0.2, 0) is 4.79 Å². The van der Waals surface area contributed by atoms with Gasteiger partial charge in [0.2, 0.25) is 0 Å². The molecule has 2 heteroatoms. The molecule has 0 N–H and O–H groups in total. The summed E-state index contributed by atoms with van der Waals surface area (Å²) in [4.78, 5) is 11.8. The Morgan fingerprint density at radius 2 is 2.00 bits per heavy atom. The van der Waals surface area contributed by atoms with E-state index in [0.29, 0.717) is 17.6 Å². The minimum Gasteiger partial charge on any atom is -0.299 e. The van der Waals surface area contributed by atoms with E-state index in [1.54, 1.807) is 0 Å². The quantitative estimate of drug-likeness (QED) is 0.708. The van der Waals surface area contributed by atoms with Crippen molar-refractivity contribution in [2.75, 3.05) is 5.33 Å². The zero-order valence-electron chi connectivity index (χ0n) is 8.68. The van der Waals surface area contributed by atoms with Crippen molar-refractivity contribution in [2.24, 2.45) is 17.8 Å². The fourth-order valence-corrected chi connectivity index (χ4v) is 3.52. The Hall–Kier alpha value is 0.150. The van der Waals surface area contributed by atoms with Crippen molar-refractivity contribution in [2.45, 2.75) is 44.9 Å². The average Bonchev–Trinajstić information content (AvgIpc) is 2.41. The lowest BCUT2D eigenvalue weighted by Crippen LogP contribution is -2.46. The van der Waals surface area contributed by atoms with Crippen LogP contribution < -0.4 is 0 Å². The molecule has 0 unspecified atom stereocenters. The van der Waals surface area contributed by atoms with Crippen molar-refractivity contribution in [1.29, 1.82) is 0 Å². The second-order valence-corrected chi connectivity index (χ2v) is 5.54. The third kappa shape index (κ3) is 1.91. The van der Waals surface area contributed by atoms with Crippen LogP contribution in [-0.4, -0.2) is 11.1 Å². The highest BCUT2D eigenvalue weighted by atomic mass is 79.9. The molecule has 2 rings (SSSR count). The Kier molecular flexibility index (Phi) is 3.64. The molecule has 2 aliphatic carbocycles. The van der Waals surface area contributed by atoms with Crippen LogP contribution in [0.3, 0.4) is 0 Å². The van der Waals surface area contributed by atoms with Gasteiger partial charge in [0.15, 0.2) is 0 Å². The number of fused-ring (bicyclic) bond motifs is 1. The van der Waals surface area contributed by atoms with Crippen molar-refractivity contribution in [1.82, 2.24) is 0 Å². The van der Waals surface area contributed by atoms with Crippen molar-refractivity contribution in [3.05, 3.63) is 0 Å².